The van der Waals surface area contributed by atoms with Crippen LogP contribution in [0.3, 0.4) is 0 Å². The molecule has 4 aromatic heterocycles. The van der Waals surface area contributed by atoms with E-state index in [9.17, 15) is 0 Å². The smallest absolute Gasteiger partial charge is 0.128 e. The molecule has 4 nitrogen and oxygen atoms in total. The fourth-order valence-electron chi connectivity index (χ4n) is 4.80. The summed E-state index contributed by atoms with van der Waals surface area (Å²) in [4.78, 5) is 12.8. The van der Waals surface area contributed by atoms with Crippen LogP contribution in [-0.4, -0.2) is 15.0 Å². The predicted octanol–water partition coefficient (Wildman–Crippen LogP) is 9.44. The fraction of sp³-hybridized carbons (Fsp3) is 0.162. The van der Waals surface area contributed by atoms with E-state index in [0.717, 1.165) is 22.0 Å². The Morgan fingerprint density at radius 1 is 0.738 bits per heavy atom. The molecule has 0 aliphatic carbocycles. The van der Waals surface area contributed by atoms with Crippen molar-refractivity contribution < 1.29 is 31.4 Å². The van der Waals surface area contributed by atoms with Crippen LogP contribution >= 0.6 is 0 Å². The third-order valence-corrected chi connectivity index (χ3v) is 6.53. The van der Waals surface area contributed by atoms with Crippen LogP contribution in [0.25, 0.3) is 55.2 Å². The number of rotatable bonds is 3. The number of nitrogens with zero attached hydrogens (tertiary/aromatic N) is 3. The number of hydrogen-bond donors (Lipinski definition) is 0. The first-order chi connectivity index (χ1) is 21.9. The maximum absolute atomic E-state index is 8.64. The summed E-state index contributed by atoms with van der Waals surface area (Å²) in [5.74, 6) is 0. The van der Waals surface area contributed by atoms with E-state index in [1.54, 1.807) is 42.7 Å². The molecule has 0 aliphatic rings. The molecule has 1 radical (unpaired) electrons. The predicted molar refractivity (Wildman–Crippen MR) is 167 cm³/mol. The molecule has 7 rings (SSSR count). The number of furan rings is 1. The number of aromatic nitrogens is 3. The minimum absolute atomic E-state index is 0. The van der Waals surface area contributed by atoms with E-state index < -0.39 is 18.6 Å². The Labute approximate surface area is 267 Å². The Balaban J connectivity index is 0.000000280. The van der Waals surface area contributed by atoms with Crippen molar-refractivity contribution in [2.75, 3.05) is 0 Å². The van der Waals surface area contributed by atoms with E-state index in [-0.39, 0.29) is 25.8 Å². The fourth-order valence-corrected chi connectivity index (χ4v) is 4.80. The largest absolute Gasteiger partial charge is 0.500 e. The summed E-state index contributed by atoms with van der Waals surface area (Å²) in [6.07, 6.45) is 3.31. The quantitative estimate of drug-likeness (QED) is 0.170. The molecular weight excluding hydrogens is 695 g/mol. The Morgan fingerprint density at radius 3 is 2.26 bits per heavy atom. The van der Waals surface area contributed by atoms with Crippen LogP contribution in [0.4, 0.5) is 0 Å². The van der Waals surface area contributed by atoms with Gasteiger partial charge in [-0.2, -0.15) is 0 Å². The number of benzene rings is 3. The first-order valence-electron chi connectivity index (χ1n) is 15.9. The van der Waals surface area contributed by atoms with Gasteiger partial charge in [0.25, 0.3) is 0 Å². The van der Waals surface area contributed by atoms with Gasteiger partial charge >= 0.3 is 0 Å². The van der Waals surface area contributed by atoms with Crippen molar-refractivity contribution in [1.82, 2.24) is 15.0 Å². The maximum atomic E-state index is 8.64. The molecule has 211 valence electrons. The molecular formula is C37H31IrN3O-2. The summed E-state index contributed by atoms with van der Waals surface area (Å²) in [6.45, 7) is 3.26. The molecule has 0 atom stereocenters. The van der Waals surface area contributed by atoms with Gasteiger partial charge in [-0.15, -0.1) is 54.1 Å². The zero-order valence-electron chi connectivity index (χ0n) is 28.4. The van der Waals surface area contributed by atoms with Crippen LogP contribution in [0.5, 0.6) is 0 Å². The van der Waals surface area contributed by atoms with E-state index in [4.69, 9.17) is 11.3 Å². The third-order valence-electron chi connectivity index (χ3n) is 6.53. The Hall–Kier alpha value is -4.18. The first kappa shape index (κ1) is 23.4. The Morgan fingerprint density at radius 2 is 1.50 bits per heavy atom. The second-order valence-corrected chi connectivity index (χ2v) is 10.7. The summed E-state index contributed by atoms with van der Waals surface area (Å²) in [6, 6.07) is 32.6. The molecule has 0 unspecified atom stereocenters. The number of fused-ring (bicyclic) bond motifs is 5. The Bertz CT molecular complexity index is 2120. The normalized spacial score (nSPS) is 13.6. The molecule has 0 fully saturated rings. The van der Waals surface area contributed by atoms with Gasteiger partial charge in [0, 0.05) is 67.4 Å². The summed E-state index contributed by atoms with van der Waals surface area (Å²) in [5, 5.41) is 2.90. The van der Waals surface area contributed by atoms with Gasteiger partial charge in [-0.3, -0.25) is 4.98 Å². The first-order valence-corrected chi connectivity index (χ1v) is 13.4. The topological polar surface area (TPSA) is 51.8 Å². The molecule has 0 N–H and O–H groups in total. The zero-order valence-corrected chi connectivity index (χ0v) is 25.8. The van der Waals surface area contributed by atoms with Crippen molar-refractivity contribution in [3.05, 3.63) is 127 Å². The second kappa shape index (κ2) is 12.4. The van der Waals surface area contributed by atoms with Crippen molar-refractivity contribution in [3.8, 4) is 22.5 Å². The van der Waals surface area contributed by atoms with E-state index in [0.29, 0.717) is 38.8 Å². The molecule has 42 heavy (non-hydrogen) atoms. The van der Waals surface area contributed by atoms with E-state index in [2.05, 4.69) is 27.1 Å². The second-order valence-electron chi connectivity index (χ2n) is 10.7. The van der Waals surface area contributed by atoms with Crippen LogP contribution in [0.1, 0.15) is 38.9 Å². The van der Waals surface area contributed by atoms with Gasteiger partial charge in [0.1, 0.15) is 5.58 Å². The average Bonchev–Trinajstić information content (AvgIpc) is 3.44. The maximum Gasteiger partial charge on any atom is 0.128 e. The van der Waals surface area contributed by atoms with Crippen LogP contribution in [-0.2, 0) is 26.5 Å². The molecule has 7 aromatic rings. The molecule has 0 amide bonds. The van der Waals surface area contributed by atoms with Gasteiger partial charge < -0.3 is 14.4 Å². The van der Waals surface area contributed by atoms with Gasteiger partial charge in [0.15, 0.2) is 0 Å². The summed E-state index contributed by atoms with van der Waals surface area (Å²) >= 11 is 0. The minimum Gasteiger partial charge on any atom is -0.500 e. The molecule has 0 saturated heterocycles. The molecule has 0 spiro atoms. The summed E-state index contributed by atoms with van der Waals surface area (Å²) in [7, 11) is 0. The van der Waals surface area contributed by atoms with Crippen molar-refractivity contribution in [3.63, 3.8) is 0 Å². The SMILES string of the molecule is [2H]C([2H])([2H])c1nccc2c1ccc1c3cc[c-]c(-c4cc(C([2H])([2H])C(C)(C)C)ccn4)c3oc21.[Ir].[c-]1ccccc1-c1ccccn1. The molecule has 3 aromatic carbocycles. The van der Waals surface area contributed by atoms with Gasteiger partial charge in [0.05, 0.1) is 5.58 Å². The zero-order chi connectivity index (χ0) is 32.7. The minimum atomic E-state index is -2.34. The number of aryl methyl sites for hydroxylation is 1. The van der Waals surface area contributed by atoms with Crippen molar-refractivity contribution in [1.29, 1.82) is 0 Å². The standard InChI is InChI=1S/C26H23N2O.C11H8N.Ir/c1-16-18-8-9-20-19-6-5-7-22(25(19)29-24(20)21(18)11-13-27-16)23-14-17(10-12-28-23)15-26(2,3)4;1-2-6-10(7-3-1)11-8-4-5-9-12-11;/h5-6,8-14H,15H2,1-4H3;1-6,8-9H;/q2*-1;/i1D3,15D2;;. The molecule has 0 bridgehead atoms. The van der Waals surface area contributed by atoms with E-state index in [1.165, 1.54) is 6.20 Å². The molecule has 0 saturated carbocycles. The molecule has 0 aliphatic heterocycles. The monoisotopic (exact) mass is 731 g/mol. The van der Waals surface area contributed by atoms with Crippen LogP contribution in [0.15, 0.2) is 108 Å². The van der Waals surface area contributed by atoms with Crippen LogP contribution in [0.2, 0.25) is 0 Å². The summed E-state index contributed by atoms with van der Waals surface area (Å²) < 4.78 is 47.1. The molecule has 4 heterocycles. The summed E-state index contributed by atoms with van der Waals surface area (Å²) in [5.41, 5.74) is 4.30. The molecule has 5 heteroatoms. The van der Waals surface area contributed by atoms with Crippen molar-refractivity contribution >= 4 is 32.7 Å². The van der Waals surface area contributed by atoms with E-state index in [1.807, 2.05) is 75.4 Å². The van der Waals surface area contributed by atoms with Crippen LogP contribution < -0.4 is 0 Å². The number of hydrogen-bond acceptors (Lipinski definition) is 4. The van der Waals surface area contributed by atoms with Crippen molar-refractivity contribution in [2.45, 2.75) is 34.0 Å². The van der Waals surface area contributed by atoms with Gasteiger partial charge in [0.2, 0.25) is 0 Å². The average molecular weight is 731 g/mol. The Kier molecular flexibility index (Phi) is 6.88. The van der Waals surface area contributed by atoms with Gasteiger partial charge in [-0.05, 0) is 48.2 Å². The third kappa shape index (κ3) is 6.18. The number of pyridine rings is 3. The van der Waals surface area contributed by atoms with Gasteiger partial charge in [-0.25, -0.2) is 0 Å². The van der Waals surface area contributed by atoms with Crippen molar-refractivity contribution in [2.24, 2.45) is 5.41 Å². The van der Waals surface area contributed by atoms with E-state index >= 15 is 0 Å². The van der Waals surface area contributed by atoms with Gasteiger partial charge in [-0.1, -0.05) is 67.6 Å². The van der Waals surface area contributed by atoms with Crippen LogP contribution in [0, 0.1) is 24.4 Å².